The summed E-state index contributed by atoms with van der Waals surface area (Å²) in [4.78, 5) is 0. The highest BCUT2D eigenvalue weighted by Gasteiger charge is 2.04. The van der Waals surface area contributed by atoms with E-state index in [1.165, 1.54) is 24.1 Å². The molecule has 0 bridgehead atoms. The lowest BCUT2D eigenvalue weighted by Crippen LogP contribution is -2.10. The smallest absolute Gasteiger partial charge is 0.145 e. The van der Waals surface area contributed by atoms with E-state index in [9.17, 15) is 0 Å². The average molecular weight is 195 g/mol. The van der Waals surface area contributed by atoms with Crippen LogP contribution in [0.1, 0.15) is 12.0 Å². The van der Waals surface area contributed by atoms with Crippen LogP contribution in [0.2, 0.25) is 0 Å². The van der Waals surface area contributed by atoms with E-state index in [4.69, 9.17) is 0 Å². The van der Waals surface area contributed by atoms with Gasteiger partial charge in [0, 0.05) is 19.3 Å². The maximum Gasteiger partial charge on any atom is 0.145 e. The van der Waals surface area contributed by atoms with Gasteiger partial charge in [0.2, 0.25) is 0 Å². The van der Waals surface area contributed by atoms with E-state index >= 15 is 0 Å². The predicted octanol–water partition coefficient (Wildman–Crippen LogP) is 0.958. The van der Waals surface area contributed by atoms with Gasteiger partial charge in [-0.15, -0.1) is 0 Å². The van der Waals surface area contributed by atoms with Gasteiger partial charge in [-0.2, -0.15) is 0 Å². The van der Waals surface area contributed by atoms with E-state index in [2.05, 4.69) is 34.0 Å². The molecular formula is C10H17NOSi. The van der Waals surface area contributed by atoms with Crippen LogP contribution in [0.3, 0.4) is 0 Å². The average Bonchev–Trinajstić information content (AvgIpc) is 2.19. The van der Waals surface area contributed by atoms with Crippen molar-refractivity contribution in [3.63, 3.8) is 0 Å². The molecule has 0 atom stereocenters. The Morgan fingerprint density at radius 1 is 1.38 bits per heavy atom. The van der Waals surface area contributed by atoms with Crippen molar-refractivity contribution >= 4 is 16.2 Å². The molecule has 1 N–H and O–H groups in total. The molecule has 13 heavy (non-hydrogen) atoms. The van der Waals surface area contributed by atoms with Gasteiger partial charge in [0.1, 0.15) is 10.5 Å². The summed E-state index contributed by atoms with van der Waals surface area (Å²) in [6, 6.07) is 8.53. The van der Waals surface area contributed by atoms with E-state index in [0.717, 1.165) is 17.0 Å². The molecule has 1 aliphatic rings. The Morgan fingerprint density at radius 2 is 2.08 bits per heavy atom. The third kappa shape index (κ3) is 3.20. The second-order valence-electron chi connectivity index (χ2n) is 3.10. The van der Waals surface area contributed by atoms with Crippen molar-refractivity contribution in [1.82, 2.24) is 0 Å². The van der Waals surface area contributed by atoms with Crippen LogP contribution in [-0.4, -0.2) is 24.1 Å². The van der Waals surface area contributed by atoms with E-state index in [1.54, 1.807) is 7.11 Å². The SMILES string of the molecule is CO[SiH3].c1ccc2c(c1)CCCN2. The minimum absolute atomic E-state index is 0.869. The van der Waals surface area contributed by atoms with Crippen LogP contribution in [0.15, 0.2) is 24.3 Å². The first-order valence-electron chi connectivity index (χ1n) is 4.60. The zero-order valence-electron chi connectivity index (χ0n) is 8.34. The number of nitrogens with one attached hydrogen (secondary N) is 1. The van der Waals surface area contributed by atoms with Crippen LogP contribution in [-0.2, 0) is 10.8 Å². The summed E-state index contributed by atoms with van der Waals surface area (Å²) >= 11 is 0. The Labute approximate surface area is 82.8 Å². The third-order valence-electron chi connectivity index (χ3n) is 1.96. The Kier molecular flexibility index (Phi) is 4.57. The van der Waals surface area contributed by atoms with Gasteiger partial charge >= 0.3 is 0 Å². The maximum atomic E-state index is 4.39. The fourth-order valence-corrected chi connectivity index (χ4v) is 1.41. The summed E-state index contributed by atoms with van der Waals surface area (Å²) in [6.07, 6.45) is 2.51. The maximum absolute atomic E-state index is 4.39. The number of aryl methyl sites for hydroxylation is 1. The molecule has 1 aromatic rings. The molecule has 0 spiro atoms. The number of fused-ring (bicyclic) bond motifs is 1. The second-order valence-corrected chi connectivity index (χ2v) is 3.91. The van der Waals surface area contributed by atoms with Gasteiger partial charge in [-0.3, -0.25) is 0 Å². The molecular weight excluding hydrogens is 178 g/mol. The lowest BCUT2D eigenvalue weighted by Gasteiger charge is -2.16. The van der Waals surface area contributed by atoms with Gasteiger partial charge in [0.25, 0.3) is 0 Å². The van der Waals surface area contributed by atoms with E-state index in [1.807, 2.05) is 0 Å². The molecule has 0 aliphatic carbocycles. The molecule has 2 rings (SSSR count). The second kappa shape index (κ2) is 5.78. The van der Waals surface area contributed by atoms with Crippen LogP contribution in [0, 0.1) is 0 Å². The Balaban J connectivity index is 0.000000251. The normalized spacial score (nSPS) is 13.6. The van der Waals surface area contributed by atoms with Crippen molar-refractivity contribution < 1.29 is 4.43 Å². The van der Waals surface area contributed by atoms with Crippen LogP contribution >= 0.6 is 0 Å². The van der Waals surface area contributed by atoms with Crippen molar-refractivity contribution in [2.24, 2.45) is 0 Å². The fraction of sp³-hybridized carbons (Fsp3) is 0.400. The summed E-state index contributed by atoms with van der Waals surface area (Å²) < 4.78 is 4.39. The number of benzene rings is 1. The van der Waals surface area contributed by atoms with Crippen LogP contribution in [0.4, 0.5) is 5.69 Å². The first-order chi connectivity index (χ1) is 6.38. The molecule has 1 aromatic carbocycles. The highest BCUT2D eigenvalue weighted by molar-refractivity contribution is 5.97. The van der Waals surface area contributed by atoms with Gasteiger partial charge < -0.3 is 9.74 Å². The summed E-state index contributed by atoms with van der Waals surface area (Å²) in [6.45, 7) is 1.14. The van der Waals surface area contributed by atoms with Crippen LogP contribution in [0.25, 0.3) is 0 Å². The number of rotatable bonds is 0. The van der Waals surface area contributed by atoms with Crippen LogP contribution in [0.5, 0.6) is 0 Å². The fourth-order valence-electron chi connectivity index (χ4n) is 1.41. The van der Waals surface area contributed by atoms with Gasteiger partial charge in [0.15, 0.2) is 0 Å². The van der Waals surface area contributed by atoms with Crippen molar-refractivity contribution in [2.75, 3.05) is 19.0 Å². The quantitative estimate of drug-likeness (QED) is 0.623. The lowest BCUT2D eigenvalue weighted by molar-refractivity contribution is 0.460. The highest BCUT2D eigenvalue weighted by atomic mass is 28.2. The van der Waals surface area contributed by atoms with E-state index < -0.39 is 0 Å². The molecule has 0 amide bonds. The molecule has 2 nitrogen and oxygen atoms in total. The summed E-state index contributed by atoms with van der Waals surface area (Å²) in [5.41, 5.74) is 2.79. The van der Waals surface area contributed by atoms with Gasteiger partial charge in [-0.1, -0.05) is 18.2 Å². The molecule has 0 fully saturated rings. The summed E-state index contributed by atoms with van der Waals surface area (Å²) in [5, 5.41) is 3.36. The molecule has 0 aromatic heterocycles. The third-order valence-corrected chi connectivity index (χ3v) is 1.96. The first kappa shape index (κ1) is 10.3. The molecule has 0 radical (unpaired) electrons. The molecule has 0 saturated carbocycles. The predicted molar refractivity (Wildman–Crippen MR) is 60.2 cm³/mol. The summed E-state index contributed by atoms with van der Waals surface area (Å²) in [5.74, 6) is 0. The lowest BCUT2D eigenvalue weighted by atomic mass is 10.0. The van der Waals surface area contributed by atoms with Gasteiger partial charge in [-0.05, 0) is 24.5 Å². The van der Waals surface area contributed by atoms with Gasteiger partial charge in [-0.25, -0.2) is 0 Å². The Bertz CT molecular complexity index is 227. The van der Waals surface area contributed by atoms with Crippen molar-refractivity contribution in [3.05, 3.63) is 29.8 Å². The number of para-hydroxylation sites is 1. The molecule has 1 aliphatic heterocycles. The first-order valence-corrected chi connectivity index (χ1v) is 5.42. The van der Waals surface area contributed by atoms with Crippen molar-refractivity contribution in [3.8, 4) is 0 Å². The number of hydrogen-bond acceptors (Lipinski definition) is 2. The Morgan fingerprint density at radius 3 is 2.77 bits per heavy atom. The molecule has 72 valence electrons. The minimum Gasteiger partial charge on any atom is -0.431 e. The zero-order chi connectivity index (χ0) is 9.52. The highest BCUT2D eigenvalue weighted by Crippen LogP contribution is 2.19. The monoisotopic (exact) mass is 195 g/mol. The van der Waals surface area contributed by atoms with Gasteiger partial charge in [0.05, 0.1) is 0 Å². The van der Waals surface area contributed by atoms with E-state index in [0.29, 0.717) is 0 Å². The molecule has 1 heterocycles. The standard InChI is InChI=1S/C9H11N.CH6OSi/c1-2-6-9-8(4-1)5-3-7-10-9;1-2-3/h1-2,4,6,10H,3,5,7H2;1,3H3. The number of anilines is 1. The van der Waals surface area contributed by atoms with Crippen molar-refractivity contribution in [1.29, 1.82) is 0 Å². The van der Waals surface area contributed by atoms with Crippen LogP contribution < -0.4 is 5.32 Å². The molecule has 0 saturated heterocycles. The van der Waals surface area contributed by atoms with E-state index in [-0.39, 0.29) is 0 Å². The number of hydrogen-bond donors (Lipinski definition) is 1. The molecule has 0 unspecified atom stereocenters. The minimum atomic E-state index is 0.869. The zero-order valence-corrected chi connectivity index (χ0v) is 10.3. The summed E-state index contributed by atoms with van der Waals surface area (Å²) in [7, 11) is 2.56. The largest absolute Gasteiger partial charge is 0.431 e. The van der Waals surface area contributed by atoms with Crippen molar-refractivity contribution in [2.45, 2.75) is 12.8 Å². The Hall–Kier alpha value is -0.803. The topological polar surface area (TPSA) is 21.3 Å². The molecule has 3 heteroatoms.